The molecule has 5 atom stereocenters. The van der Waals surface area contributed by atoms with E-state index in [1.165, 1.54) is 23.9 Å². The van der Waals surface area contributed by atoms with Gasteiger partial charge in [-0.25, -0.2) is 18.9 Å². The van der Waals surface area contributed by atoms with E-state index in [0.29, 0.717) is 22.2 Å². The maximum Gasteiger partial charge on any atom is 0.338 e. The molecule has 2 aromatic carbocycles. The Balaban J connectivity index is 1.47. The van der Waals surface area contributed by atoms with Gasteiger partial charge in [0, 0.05) is 17.4 Å². The number of carbonyl (C=O) groups excluding carboxylic acids is 2. The van der Waals surface area contributed by atoms with Crippen LogP contribution >= 0.6 is 11.6 Å². The van der Waals surface area contributed by atoms with Crippen LogP contribution < -0.4 is 5.32 Å². The molecule has 0 aliphatic carbocycles. The molecule has 0 saturated carbocycles. The number of nitrogens with one attached hydrogen (secondary N) is 1. The van der Waals surface area contributed by atoms with E-state index >= 15 is 0 Å². The fourth-order valence-corrected chi connectivity index (χ4v) is 5.01. The second kappa shape index (κ2) is 12.4. The molecule has 0 spiro atoms. The van der Waals surface area contributed by atoms with E-state index in [1.807, 2.05) is 0 Å². The Morgan fingerprint density at radius 1 is 1.24 bits per heavy atom. The van der Waals surface area contributed by atoms with E-state index in [1.54, 1.807) is 61.5 Å². The third-order valence-corrected chi connectivity index (χ3v) is 6.90. The minimum absolute atomic E-state index is 0.106. The van der Waals surface area contributed by atoms with Crippen molar-refractivity contribution in [3.05, 3.63) is 99.4 Å². The van der Waals surface area contributed by atoms with Crippen molar-refractivity contribution in [1.29, 1.82) is 0 Å². The highest BCUT2D eigenvalue weighted by molar-refractivity contribution is 6.30. The molecule has 2 aromatic heterocycles. The summed E-state index contributed by atoms with van der Waals surface area (Å²) in [6.45, 7) is 2.70. The first-order valence-corrected chi connectivity index (χ1v) is 13.3. The molecule has 1 N–H and O–H groups in total. The van der Waals surface area contributed by atoms with Gasteiger partial charge < -0.3 is 19.5 Å². The fraction of sp³-hybridized carbons (Fsp3) is 0.286. The van der Waals surface area contributed by atoms with Crippen molar-refractivity contribution in [2.75, 3.05) is 11.9 Å². The van der Waals surface area contributed by atoms with Gasteiger partial charge in [-0.1, -0.05) is 53.1 Å². The molecule has 1 aliphatic rings. The van der Waals surface area contributed by atoms with Crippen LogP contribution in [-0.4, -0.2) is 51.6 Å². The number of nitrogens with zero attached hydrogens (tertiary/aromatic N) is 6. The first-order chi connectivity index (χ1) is 20.3. The molecule has 4 aromatic rings. The lowest BCUT2D eigenvalue weighted by Crippen LogP contribution is -2.36. The number of rotatable bonds is 9. The summed E-state index contributed by atoms with van der Waals surface area (Å²) in [5, 5.41) is 12.1. The molecule has 12 nitrogen and oxygen atoms in total. The van der Waals surface area contributed by atoms with E-state index in [9.17, 15) is 19.5 Å². The summed E-state index contributed by atoms with van der Waals surface area (Å²) < 4.78 is 32.9. The first kappa shape index (κ1) is 28.8. The monoisotopic (exact) mass is 593 g/mol. The van der Waals surface area contributed by atoms with Gasteiger partial charge >= 0.3 is 11.9 Å². The maximum atomic E-state index is 14.4. The van der Waals surface area contributed by atoms with Gasteiger partial charge in [0.05, 0.1) is 28.9 Å². The zero-order valence-corrected chi connectivity index (χ0v) is 23.2. The third kappa shape index (κ3) is 5.98. The van der Waals surface area contributed by atoms with Crippen LogP contribution in [0, 0.1) is 5.82 Å². The quantitative estimate of drug-likeness (QED) is 0.0844. The minimum Gasteiger partial charge on any atom is -0.459 e. The first-order valence-electron chi connectivity index (χ1n) is 12.9. The molecule has 42 heavy (non-hydrogen) atoms. The van der Waals surface area contributed by atoms with Crippen LogP contribution in [0.2, 0.25) is 5.15 Å². The molecule has 216 valence electrons. The summed E-state index contributed by atoms with van der Waals surface area (Å²) >= 11 is 6.37. The van der Waals surface area contributed by atoms with Crippen molar-refractivity contribution in [3.8, 4) is 0 Å². The Labute approximate surface area is 244 Å². The highest BCUT2D eigenvalue weighted by atomic mass is 35.5. The van der Waals surface area contributed by atoms with Crippen LogP contribution in [0.4, 0.5) is 10.1 Å². The summed E-state index contributed by atoms with van der Waals surface area (Å²) in [6.07, 6.45) is -1.74. The van der Waals surface area contributed by atoms with Gasteiger partial charge in [-0.2, -0.15) is 5.10 Å². The average Bonchev–Trinajstić information content (AvgIpc) is 3.53. The second-order valence-corrected chi connectivity index (χ2v) is 9.89. The fourth-order valence-electron chi connectivity index (χ4n) is 4.82. The van der Waals surface area contributed by atoms with Crippen molar-refractivity contribution >= 4 is 40.3 Å². The number of pyridine rings is 1. The SMILES string of the molecule is CC(=O)O[C@H]1C(n2ncc3c(NC(C)c4ccccc4F)cc(Cl)nc32)O[C@H](COC(=O)c2ccccc2)[C@H]1N=[N+]=[N-]. The molecule has 0 amide bonds. The number of azide groups is 1. The molecule has 5 rings (SSSR count). The van der Waals surface area contributed by atoms with E-state index in [4.69, 9.17) is 25.8 Å². The van der Waals surface area contributed by atoms with Crippen molar-refractivity contribution < 1.29 is 28.2 Å². The molecule has 1 aliphatic heterocycles. The van der Waals surface area contributed by atoms with Crippen LogP contribution in [0.25, 0.3) is 21.5 Å². The number of fused-ring (bicyclic) bond motifs is 1. The maximum absolute atomic E-state index is 14.4. The largest absolute Gasteiger partial charge is 0.459 e. The van der Waals surface area contributed by atoms with Crippen molar-refractivity contribution in [2.24, 2.45) is 5.11 Å². The number of carbonyl (C=O) groups is 2. The Morgan fingerprint density at radius 3 is 2.69 bits per heavy atom. The number of esters is 2. The van der Waals surface area contributed by atoms with Crippen molar-refractivity contribution in [1.82, 2.24) is 14.8 Å². The summed E-state index contributed by atoms with van der Waals surface area (Å²) in [7, 11) is 0. The zero-order chi connectivity index (χ0) is 29.8. The van der Waals surface area contributed by atoms with Crippen LogP contribution in [0.3, 0.4) is 0 Å². The van der Waals surface area contributed by atoms with E-state index < -0.39 is 42.5 Å². The third-order valence-electron chi connectivity index (χ3n) is 6.71. The van der Waals surface area contributed by atoms with E-state index in [-0.39, 0.29) is 23.2 Å². The van der Waals surface area contributed by atoms with Crippen LogP contribution in [-0.2, 0) is 19.0 Å². The Kier molecular flexibility index (Phi) is 8.53. The standard InChI is InChI=1S/C28H25ClFN7O5/c1-15(18-10-6-7-11-20(18)30)33-21-12-23(29)34-26-19(21)13-32-37(26)27-25(41-16(2)38)24(35-36-31)22(42-27)14-40-28(39)17-8-4-3-5-9-17/h3-13,15,22,24-25,27H,14H2,1-2H3,(H,33,34)/t15?,22-,24-,25-,27?/m1/s1. The molecule has 3 heterocycles. The molecule has 0 radical (unpaired) electrons. The lowest BCUT2D eigenvalue weighted by atomic mass is 10.1. The van der Waals surface area contributed by atoms with E-state index in [0.717, 1.165) is 0 Å². The molecule has 1 fully saturated rings. The van der Waals surface area contributed by atoms with Gasteiger partial charge in [0.2, 0.25) is 0 Å². The van der Waals surface area contributed by atoms with Crippen LogP contribution in [0.1, 0.15) is 42.0 Å². The van der Waals surface area contributed by atoms with Crippen LogP contribution in [0.15, 0.2) is 72.0 Å². The number of anilines is 1. The lowest BCUT2D eigenvalue weighted by molar-refractivity contribution is -0.153. The zero-order valence-electron chi connectivity index (χ0n) is 22.4. The molecule has 0 bridgehead atoms. The van der Waals surface area contributed by atoms with Crippen molar-refractivity contribution in [2.45, 2.75) is 44.4 Å². The molecule has 14 heteroatoms. The predicted molar refractivity (Wildman–Crippen MR) is 150 cm³/mol. The number of hydrogen-bond donors (Lipinski definition) is 1. The number of benzene rings is 2. The van der Waals surface area contributed by atoms with Gasteiger partial charge in [0.1, 0.15) is 29.7 Å². The highest BCUT2D eigenvalue weighted by Gasteiger charge is 2.49. The minimum atomic E-state index is -1.14. The Morgan fingerprint density at radius 2 is 1.98 bits per heavy atom. The number of ether oxygens (including phenoxy) is 3. The highest BCUT2D eigenvalue weighted by Crippen LogP contribution is 2.37. The average molecular weight is 594 g/mol. The molecular weight excluding hydrogens is 569 g/mol. The van der Waals surface area contributed by atoms with Gasteiger partial charge in [-0.15, -0.1) is 0 Å². The van der Waals surface area contributed by atoms with Crippen molar-refractivity contribution in [3.63, 3.8) is 0 Å². The van der Waals surface area contributed by atoms with Gasteiger partial charge in [0.25, 0.3) is 0 Å². The molecular formula is C28H25ClFN7O5. The lowest BCUT2D eigenvalue weighted by Gasteiger charge is -2.21. The predicted octanol–water partition coefficient (Wildman–Crippen LogP) is 5.76. The summed E-state index contributed by atoms with van der Waals surface area (Å²) in [4.78, 5) is 31.9. The van der Waals surface area contributed by atoms with E-state index in [2.05, 4.69) is 25.4 Å². The van der Waals surface area contributed by atoms with Gasteiger partial charge in [-0.3, -0.25) is 4.79 Å². The topological polar surface area (TPSA) is 153 Å². The smallest absolute Gasteiger partial charge is 0.338 e. The van der Waals surface area contributed by atoms with Crippen LogP contribution in [0.5, 0.6) is 0 Å². The molecule has 1 saturated heterocycles. The number of hydrogen-bond acceptors (Lipinski definition) is 9. The summed E-state index contributed by atoms with van der Waals surface area (Å²) in [6, 6.07) is 14.8. The Bertz CT molecular complexity index is 1660. The summed E-state index contributed by atoms with van der Waals surface area (Å²) in [5.74, 6) is -1.63. The second-order valence-electron chi connectivity index (χ2n) is 9.51. The Hall–Kier alpha value is -4.71. The van der Waals surface area contributed by atoms with Gasteiger partial charge in [0.15, 0.2) is 18.0 Å². The summed E-state index contributed by atoms with van der Waals surface area (Å²) in [5.41, 5.74) is 10.8. The number of halogens is 2. The molecule has 2 unspecified atom stereocenters. The number of aromatic nitrogens is 3. The normalized spacial score (nSPS) is 20.5. The van der Waals surface area contributed by atoms with Gasteiger partial charge in [-0.05, 0) is 36.7 Å².